The molecule has 1 saturated heterocycles. The molecule has 0 aliphatic carbocycles. The molecule has 31 heavy (non-hydrogen) atoms. The molecule has 0 radical (unpaired) electrons. The van der Waals surface area contributed by atoms with Gasteiger partial charge in [-0.1, -0.05) is 18.2 Å². The van der Waals surface area contributed by atoms with Crippen LogP contribution in [0.2, 0.25) is 0 Å². The molecule has 1 aliphatic heterocycles. The lowest BCUT2D eigenvalue weighted by atomic mass is 9.95. The molecule has 7 heteroatoms. The molecule has 0 spiro atoms. The van der Waals surface area contributed by atoms with E-state index in [-0.39, 0.29) is 17.7 Å². The molecule has 1 aromatic heterocycles. The van der Waals surface area contributed by atoms with Crippen LogP contribution >= 0.6 is 0 Å². The molecule has 1 aliphatic rings. The number of methoxy groups -OCH3 is 1. The second-order valence-electron chi connectivity index (χ2n) is 8.36. The third-order valence-electron chi connectivity index (χ3n) is 5.94. The maximum absolute atomic E-state index is 13.0. The van der Waals surface area contributed by atoms with Crippen LogP contribution in [0.25, 0.3) is 0 Å². The molecule has 1 aromatic carbocycles. The Labute approximate surface area is 184 Å². The molecule has 0 unspecified atom stereocenters. The van der Waals surface area contributed by atoms with Gasteiger partial charge in [0.05, 0.1) is 20.0 Å². The first-order chi connectivity index (χ1) is 14.8. The number of likely N-dealkylation sites (tertiary alicyclic amines) is 1. The number of hydrogen-bond donors (Lipinski definition) is 0. The highest BCUT2D eigenvalue weighted by Gasteiger charge is 2.28. The first kappa shape index (κ1) is 22.7. The summed E-state index contributed by atoms with van der Waals surface area (Å²) in [6, 6.07) is 7.64. The molecule has 2 heterocycles. The van der Waals surface area contributed by atoms with Gasteiger partial charge in [-0.3, -0.25) is 9.59 Å². The van der Waals surface area contributed by atoms with Crippen LogP contribution in [0.4, 0.5) is 0 Å². The zero-order chi connectivity index (χ0) is 22.5. The molecular formula is C24H32N4O3. The van der Waals surface area contributed by atoms with Crippen LogP contribution < -0.4 is 4.74 Å². The van der Waals surface area contributed by atoms with E-state index in [2.05, 4.69) is 0 Å². The van der Waals surface area contributed by atoms with Crippen molar-refractivity contribution in [3.05, 3.63) is 52.6 Å². The maximum Gasteiger partial charge on any atom is 0.227 e. The lowest BCUT2D eigenvalue weighted by Gasteiger charge is -2.32. The van der Waals surface area contributed by atoms with Crippen molar-refractivity contribution in [2.75, 3.05) is 34.3 Å². The molecule has 166 valence electrons. The Hall–Kier alpha value is -2.96. The SMILES string of the molecule is COc1ccccc1CC(=O)N1CCC[C@@H](c2nc(C)c(CC(=O)N(C)C)c(C)n2)C1. The summed E-state index contributed by atoms with van der Waals surface area (Å²) < 4.78 is 5.39. The van der Waals surface area contributed by atoms with Gasteiger partial charge in [0.1, 0.15) is 11.6 Å². The van der Waals surface area contributed by atoms with Crippen molar-refractivity contribution >= 4 is 11.8 Å². The van der Waals surface area contributed by atoms with E-state index in [1.807, 2.05) is 43.0 Å². The van der Waals surface area contributed by atoms with Crippen molar-refractivity contribution in [2.24, 2.45) is 0 Å². The number of amides is 2. The molecule has 1 atom stereocenters. The van der Waals surface area contributed by atoms with Gasteiger partial charge in [0.15, 0.2) is 0 Å². The number of carbonyl (C=O) groups excluding carboxylic acids is 2. The Morgan fingerprint density at radius 3 is 2.45 bits per heavy atom. The number of nitrogens with zero attached hydrogens (tertiary/aromatic N) is 4. The molecular weight excluding hydrogens is 392 g/mol. The van der Waals surface area contributed by atoms with E-state index < -0.39 is 0 Å². The molecule has 0 saturated carbocycles. The first-order valence-electron chi connectivity index (χ1n) is 10.7. The van der Waals surface area contributed by atoms with Crippen molar-refractivity contribution in [3.63, 3.8) is 0 Å². The van der Waals surface area contributed by atoms with E-state index in [9.17, 15) is 9.59 Å². The Kier molecular flexibility index (Phi) is 7.25. The van der Waals surface area contributed by atoms with Gasteiger partial charge < -0.3 is 14.5 Å². The van der Waals surface area contributed by atoms with Gasteiger partial charge in [-0.25, -0.2) is 9.97 Å². The van der Waals surface area contributed by atoms with Crippen molar-refractivity contribution in [3.8, 4) is 5.75 Å². The summed E-state index contributed by atoms with van der Waals surface area (Å²) in [5.41, 5.74) is 3.47. The van der Waals surface area contributed by atoms with Crippen LogP contribution in [-0.4, -0.2) is 65.9 Å². The minimum absolute atomic E-state index is 0.0355. The quantitative estimate of drug-likeness (QED) is 0.713. The van der Waals surface area contributed by atoms with Crippen LogP contribution in [0.1, 0.15) is 47.1 Å². The Bertz CT molecular complexity index is 935. The summed E-state index contributed by atoms with van der Waals surface area (Å²) in [6.07, 6.45) is 2.50. The number of benzene rings is 1. The molecule has 7 nitrogen and oxygen atoms in total. The highest BCUT2D eigenvalue weighted by molar-refractivity contribution is 5.80. The summed E-state index contributed by atoms with van der Waals surface area (Å²) >= 11 is 0. The number of para-hydroxylation sites is 1. The number of aryl methyl sites for hydroxylation is 2. The zero-order valence-electron chi connectivity index (χ0n) is 19.1. The normalized spacial score (nSPS) is 16.2. The van der Waals surface area contributed by atoms with E-state index >= 15 is 0 Å². The van der Waals surface area contributed by atoms with Crippen LogP contribution in [-0.2, 0) is 22.4 Å². The van der Waals surface area contributed by atoms with Gasteiger partial charge in [0.2, 0.25) is 11.8 Å². The number of piperidine rings is 1. The van der Waals surface area contributed by atoms with Crippen molar-refractivity contribution in [1.82, 2.24) is 19.8 Å². The Morgan fingerprint density at radius 1 is 1.13 bits per heavy atom. The summed E-state index contributed by atoms with van der Waals surface area (Å²) in [7, 11) is 5.12. The Balaban J connectivity index is 1.73. The van der Waals surface area contributed by atoms with Gasteiger partial charge in [-0.2, -0.15) is 0 Å². The minimum Gasteiger partial charge on any atom is -0.496 e. The number of aromatic nitrogens is 2. The monoisotopic (exact) mass is 424 g/mol. The van der Waals surface area contributed by atoms with Crippen molar-refractivity contribution < 1.29 is 14.3 Å². The van der Waals surface area contributed by atoms with Gasteiger partial charge in [-0.15, -0.1) is 0 Å². The fraction of sp³-hybridized carbons (Fsp3) is 0.500. The molecule has 1 fully saturated rings. The van der Waals surface area contributed by atoms with Crippen LogP contribution in [0.5, 0.6) is 5.75 Å². The summed E-state index contributed by atoms with van der Waals surface area (Å²) in [6.45, 7) is 5.23. The fourth-order valence-corrected chi connectivity index (χ4v) is 4.05. The van der Waals surface area contributed by atoms with Gasteiger partial charge in [0.25, 0.3) is 0 Å². The predicted molar refractivity (Wildman–Crippen MR) is 119 cm³/mol. The van der Waals surface area contributed by atoms with E-state index in [0.29, 0.717) is 19.4 Å². The average molecular weight is 425 g/mol. The minimum atomic E-state index is 0.0355. The summed E-state index contributed by atoms with van der Waals surface area (Å²) in [5.74, 6) is 1.74. The molecule has 2 aromatic rings. The van der Waals surface area contributed by atoms with Crippen LogP contribution in [0.3, 0.4) is 0 Å². The zero-order valence-corrected chi connectivity index (χ0v) is 19.1. The average Bonchev–Trinajstić information content (AvgIpc) is 2.76. The largest absolute Gasteiger partial charge is 0.496 e. The topological polar surface area (TPSA) is 75.6 Å². The second kappa shape index (κ2) is 9.90. The molecule has 3 rings (SSSR count). The third-order valence-corrected chi connectivity index (χ3v) is 5.94. The second-order valence-corrected chi connectivity index (χ2v) is 8.36. The molecule has 0 N–H and O–H groups in total. The van der Waals surface area contributed by atoms with Gasteiger partial charge in [-0.05, 0) is 32.8 Å². The first-order valence-corrected chi connectivity index (χ1v) is 10.7. The van der Waals surface area contributed by atoms with Crippen LogP contribution in [0, 0.1) is 13.8 Å². The highest BCUT2D eigenvalue weighted by atomic mass is 16.5. The lowest BCUT2D eigenvalue weighted by Crippen LogP contribution is -2.40. The predicted octanol–water partition coefficient (Wildman–Crippen LogP) is 2.68. The van der Waals surface area contributed by atoms with Gasteiger partial charge in [0, 0.05) is 55.6 Å². The van der Waals surface area contributed by atoms with Gasteiger partial charge >= 0.3 is 0 Å². The maximum atomic E-state index is 13.0. The summed E-state index contributed by atoms with van der Waals surface area (Å²) in [4.78, 5) is 38.1. The molecule has 0 bridgehead atoms. The number of ether oxygens (including phenoxy) is 1. The number of likely N-dealkylation sites (N-methyl/N-ethyl adjacent to an activating group) is 1. The van der Waals surface area contributed by atoms with E-state index in [1.54, 1.807) is 26.1 Å². The van der Waals surface area contributed by atoms with E-state index in [4.69, 9.17) is 14.7 Å². The van der Waals surface area contributed by atoms with E-state index in [0.717, 1.165) is 53.5 Å². The van der Waals surface area contributed by atoms with Crippen molar-refractivity contribution in [2.45, 2.75) is 45.4 Å². The smallest absolute Gasteiger partial charge is 0.227 e. The fourth-order valence-electron chi connectivity index (χ4n) is 4.05. The van der Waals surface area contributed by atoms with Crippen LogP contribution in [0.15, 0.2) is 24.3 Å². The Morgan fingerprint density at radius 2 is 1.81 bits per heavy atom. The number of hydrogen-bond acceptors (Lipinski definition) is 5. The standard InChI is InChI=1S/C24H32N4O3/c1-16-20(14-22(29)27(3)4)17(2)26-24(25-16)19-10-8-12-28(15-19)23(30)13-18-9-6-7-11-21(18)31-5/h6-7,9,11,19H,8,10,12-15H2,1-5H3/t19-/m1/s1. The third kappa shape index (κ3) is 5.40. The number of rotatable bonds is 6. The lowest BCUT2D eigenvalue weighted by molar-refractivity contribution is -0.131. The van der Waals surface area contributed by atoms with E-state index in [1.165, 1.54) is 0 Å². The molecule has 2 amide bonds. The van der Waals surface area contributed by atoms with Crippen molar-refractivity contribution in [1.29, 1.82) is 0 Å². The summed E-state index contributed by atoms with van der Waals surface area (Å²) in [5, 5.41) is 0. The number of carbonyl (C=O) groups is 2. The highest BCUT2D eigenvalue weighted by Crippen LogP contribution is 2.27.